The molecule has 0 radical (unpaired) electrons. The maximum absolute atomic E-state index is 12.5. The molecular weight excluding hydrogens is 340 g/mol. The Hall–Kier alpha value is -2.41. The van der Waals surface area contributed by atoms with Gasteiger partial charge in [0.15, 0.2) is 0 Å². The second-order valence-corrected chi connectivity index (χ2v) is 7.59. The molecule has 130 valence electrons. The Morgan fingerprint density at radius 1 is 1.52 bits per heavy atom. The van der Waals surface area contributed by atoms with Gasteiger partial charge in [-0.25, -0.2) is 9.78 Å². The number of esters is 1. The first-order valence-corrected chi connectivity index (χ1v) is 9.09. The molecule has 3 heterocycles. The molecule has 7 heteroatoms. The van der Waals surface area contributed by atoms with Gasteiger partial charge in [-0.05, 0) is 43.7 Å². The van der Waals surface area contributed by atoms with Crippen LogP contribution in [0.3, 0.4) is 0 Å². The second-order valence-electron chi connectivity index (χ2n) is 6.51. The monoisotopic (exact) mass is 358 g/mol. The zero-order valence-electron chi connectivity index (χ0n) is 14.0. The number of carbonyl (C=O) groups excluding carboxylic acids is 1. The molecule has 0 unspecified atom stereocenters. The van der Waals surface area contributed by atoms with Crippen LogP contribution in [0.1, 0.15) is 45.7 Å². The Labute approximate surface area is 147 Å². The topological polar surface area (TPSA) is 85.2 Å². The predicted molar refractivity (Wildman–Crippen MR) is 94.0 cm³/mol. The molecule has 3 aromatic heterocycles. The number of fused-ring (bicyclic) bond motifs is 3. The third-order valence-electron chi connectivity index (χ3n) is 4.63. The molecule has 1 N–H and O–H groups in total. The van der Waals surface area contributed by atoms with Gasteiger partial charge in [-0.3, -0.25) is 4.79 Å². The molecule has 0 aliphatic heterocycles. The Balaban J connectivity index is 1.60. The first kappa shape index (κ1) is 16.1. The molecular formula is C18H18N2O4S. The highest BCUT2D eigenvalue weighted by atomic mass is 32.1. The van der Waals surface area contributed by atoms with Crippen LogP contribution < -0.4 is 5.56 Å². The normalized spacial score (nSPS) is 16.8. The third-order valence-corrected chi connectivity index (χ3v) is 5.78. The number of aromatic nitrogens is 2. The number of furan rings is 1. The quantitative estimate of drug-likeness (QED) is 0.726. The standard InChI is InChI=1S/C18H18N2O4S/c1-9-3-4-12-13(7-9)25-17-15(12)16(21)19-14(20-17)8-24-18(22)11-5-6-23-10(11)2/h5-6,9H,3-4,7-8H2,1-2H3,(H,19,20,21)/t9-/m0/s1. The van der Waals surface area contributed by atoms with Crippen molar-refractivity contribution in [1.82, 2.24) is 9.97 Å². The van der Waals surface area contributed by atoms with Gasteiger partial charge < -0.3 is 14.1 Å². The van der Waals surface area contributed by atoms with Gasteiger partial charge in [0.05, 0.1) is 11.6 Å². The van der Waals surface area contributed by atoms with Gasteiger partial charge in [0.2, 0.25) is 0 Å². The lowest BCUT2D eigenvalue weighted by Crippen LogP contribution is -2.16. The number of H-pyrrole nitrogens is 1. The molecule has 6 nitrogen and oxygen atoms in total. The van der Waals surface area contributed by atoms with Crippen LogP contribution in [0.2, 0.25) is 0 Å². The summed E-state index contributed by atoms with van der Waals surface area (Å²) in [5.41, 5.74) is 1.37. The molecule has 0 amide bonds. The van der Waals surface area contributed by atoms with Gasteiger partial charge in [0.1, 0.15) is 28.6 Å². The summed E-state index contributed by atoms with van der Waals surface area (Å²) in [6.45, 7) is 3.85. The van der Waals surface area contributed by atoms with Crippen LogP contribution in [-0.4, -0.2) is 15.9 Å². The van der Waals surface area contributed by atoms with Gasteiger partial charge >= 0.3 is 5.97 Å². The fourth-order valence-corrected chi connectivity index (χ4v) is 4.67. The minimum atomic E-state index is -0.492. The third kappa shape index (κ3) is 2.89. The van der Waals surface area contributed by atoms with E-state index in [1.165, 1.54) is 11.1 Å². The van der Waals surface area contributed by atoms with E-state index in [1.54, 1.807) is 24.3 Å². The molecule has 1 aliphatic carbocycles. The van der Waals surface area contributed by atoms with Crippen LogP contribution in [0.25, 0.3) is 10.2 Å². The highest BCUT2D eigenvalue weighted by Gasteiger charge is 2.23. The molecule has 0 saturated heterocycles. The van der Waals surface area contributed by atoms with E-state index in [9.17, 15) is 9.59 Å². The van der Waals surface area contributed by atoms with Crippen molar-refractivity contribution >= 4 is 27.5 Å². The fourth-order valence-electron chi connectivity index (χ4n) is 3.27. The maximum Gasteiger partial charge on any atom is 0.342 e. The van der Waals surface area contributed by atoms with Crippen LogP contribution in [0, 0.1) is 12.8 Å². The number of ether oxygens (including phenoxy) is 1. The lowest BCUT2D eigenvalue weighted by molar-refractivity contribution is 0.0460. The molecule has 25 heavy (non-hydrogen) atoms. The Bertz CT molecular complexity index is 1010. The van der Waals surface area contributed by atoms with E-state index in [0.717, 1.165) is 29.7 Å². The van der Waals surface area contributed by atoms with Crippen LogP contribution >= 0.6 is 11.3 Å². The first-order valence-electron chi connectivity index (χ1n) is 8.27. The molecule has 0 spiro atoms. The number of nitrogens with zero attached hydrogens (tertiary/aromatic N) is 1. The average Bonchev–Trinajstić information content (AvgIpc) is 3.15. The predicted octanol–water partition coefficient (Wildman–Crippen LogP) is 3.37. The minimum Gasteiger partial charge on any atom is -0.469 e. The van der Waals surface area contributed by atoms with E-state index in [1.807, 2.05) is 0 Å². The van der Waals surface area contributed by atoms with Crippen molar-refractivity contribution in [3.8, 4) is 0 Å². The summed E-state index contributed by atoms with van der Waals surface area (Å²) in [6, 6.07) is 1.56. The summed E-state index contributed by atoms with van der Waals surface area (Å²) in [5.74, 6) is 1.01. The van der Waals surface area contributed by atoms with Crippen molar-refractivity contribution in [2.24, 2.45) is 5.92 Å². The largest absolute Gasteiger partial charge is 0.469 e. The number of hydrogen-bond donors (Lipinski definition) is 1. The minimum absolute atomic E-state index is 0.0758. The SMILES string of the molecule is Cc1occc1C(=O)OCc1nc2sc3c(c2c(=O)[nH]1)CC[C@H](C)C3. The number of aromatic amines is 1. The summed E-state index contributed by atoms with van der Waals surface area (Å²) in [5, 5.41) is 0.702. The molecule has 0 bridgehead atoms. The van der Waals surface area contributed by atoms with Crippen LogP contribution in [0.15, 0.2) is 21.5 Å². The molecule has 0 saturated carbocycles. The molecule has 1 aliphatic rings. The number of nitrogens with one attached hydrogen (secondary N) is 1. The Morgan fingerprint density at radius 2 is 2.36 bits per heavy atom. The lowest BCUT2D eigenvalue weighted by atomic mass is 9.89. The maximum atomic E-state index is 12.5. The van der Waals surface area contributed by atoms with Crippen molar-refractivity contribution in [2.45, 2.75) is 39.7 Å². The zero-order chi connectivity index (χ0) is 17.6. The zero-order valence-corrected chi connectivity index (χ0v) is 14.9. The fraction of sp³-hybridized carbons (Fsp3) is 0.389. The van der Waals surface area contributed by atoms with Crippen molar-refractivity contribution in [2.75, 3.05) is 0 Å². The molecule has 1 atom stereocenters. The number of carbonyl (C=O) groups is 1. The average molecular weight is 358 g/mol. The summed E-state index contributed by atoms with van der Waals surface area (Å²) >= 11 is 1.58. The Morgan fingerprint density at radius 3 is 3.12 bits per heavy atom. The molecule has 0 aromatic carbocycles. The molecule has 4 rings (SSSR count). The number of rotatable bonds is 3. The first-order chi connectivity index (χ1) is 12.0. The van der Waals surface area contributed by atoms with Crippen LogP contribution in [-0.2, 0) is 24.2 Å². The van der Waals surface area contributed by atoms with E-state index >= 15 is 0 Å². The number of thiophene rings is 1. The van der Waals surface area contributed by atoms with E-state index < -0.39 is 5.97 Å². The highest BCUT2D eigenvalue weighted by molar-refractivity contribution is 7.18. The summed E-state index contributed by atoms with van der Waals surface area (Å²) in [7, 11) is 0. The van der Waals surface area contributed by atoms with Crippen molar-refractivity contribution in [3.63, 3.8) is 0 Å². The second kappa shape index (κ2) is 6.15. The van der Waals surface area contributed by atoms with E-state index in [4.69, 9.17) is 9.15 Å². The van der Waals surface area contributed by atoms with Crippen molar-refractivity contribution in [1.29, 1.82) is 0 Å². The van der Waals surface area contributed by atoms with Gasteiger partial charge in [-0.15, -0.1) is 11.3 Å². The summed E-state index contributed by atoms with van der Waals surface area (Å²) in [6.07, 6.45) is 4.46. The van der Waals surface area contributed by atoms with Gasteiger partial charge in [-0.2, -0.15) is 0 Å². The highest BCUT2D eigenvalue weighted by Crippen LogP contribution is 2.35. The van der Waals surface area contributed by atoms with Crippen LogP contribution in [0.5, 0.6) is 0 Å². The van der Waals surface area contributed by atoms with Gasteiger partial charge in [0, 0.05) is 4.88 Å². The number of hydrogen-bond acceptors (Lipinski definition) is 6. The lowest BCUT2D eigenvalue weighted by Gasteiger charge is -2.17. The smallest absolute Gasteiger partial charge is 0.342 e. The summed E-state index contributed by atoms with van der Waals surface area (Å²) < 4.78 is 10.3. The van der Waals surface area contributed by atoms with Crippen molar-refractivity contribution < 1.29 is 13.9 Å². The van der Waals surface area contributed by atoms with Gasteiger partial charge in [0.25, 0.3) is 5.56 Å². The van der Waals surface area contributed by atoms with E-state index in [0.29, 0.717) is 28.5 Å². The molecule has 0 fully saturated rings. The van der Waals surface area contributed by atoms with E-state index in [2.05, 4.69) is 16.9 Å². The van der Waals surface area contributed by atoms with Crippen LogP contribution in [0.4, 0.5) is 0 Å². The Kier molecular flexibility index (Phi) is 3.95. The van der Waals surface area contributed by atoms with Gasteiger partial charge in [-0.1, -0.05) is 6.92 Å². The van der Waals surface area contributed by atoms with E-state index in [-0.39, 0.29) is 12.2 Å². The summed E-state index contributed by atoms with van der Waals surface area (Å²) in [4.78, 5) is 33.8. The van der Waals surface area contributed by atoms with Crippen molar-refractivity contribution in [3.05, 3.63) is 50.3 Å². The number of aryl methyl sites for hydroxylation is 2. The molecule has 3 aromatic rings.